The number of likely N-dealkylation sites (tertiary alicyclic amines) is 1. The molecule has 2 unspecified atom stereocenters. The Hall–Kier alpha value is -1.10. The highest BCUT2D eigenvalue weighted by atomic mass is 127. The highest BCUT2D eigenvalue weighted by Gasteiger charge is 2.30. The lowest BCUT2D eigenvalue weighted by Gasteiger charge is -2.40. The zero-order valence-electron chi connectivity index (χ0n) is 18.7. The minimum atomic E-state index is -0.0708. The van der Waals surface area contributed by atoms with Crippen molar-refractivity contribution in [3.05, 3.63) is 0 Å². The lowest BCUT2D eigenvalue weighted by molar-refractivity contribution is -0.135. The number of rotatable bonds is 6. The van der Waals surface area contributed by atoms with Gasteiger partial charge in [0.05, 0.1) is 6.04 Å². The highest BCUT2D eigenvalue weighted by molar-refractivity contribution is 14.0. The van der Waals surface area contributed by atoms with Gasteiger partial charge < -0.3 is 20.0 Å². The van der Waals surface area contributed by atoms with Gasteiger partial charge in [0.15, 0.2) is 5.96 Å². The van der Waals surface area contributed by atoms with Crippen LogP contribution in [0, 0.1) is 0 Å². The predicted molar refractivity (Wildman–Crippen MR) is 128 cm³/mol. The Balaban J connectivity index is 0.00000420. The molecule has 2 aliphatic heterocycles. The molecule has 9 heteroatoms. The summed E-state index contributed by atoms with van der Waals surface area (Å²) in [6, 6.07) is 0.223. The molecule has 2 rings (SSSR count). The van der Waals surface area contributed by atoms with E-state index in [0.29, 0.717) is 6.04 Å². The van der Waals surface area contributed by atoms with Crippen molar-refractivity contribution >= 4 is 41.8 Å². The van der Waals surface area contributed by atoms with Crippen molar-refractivity contribution in [1.29, 1.82) is 0 Å². The monoisotopic (exact) mass is 522 g/mol. The van der Waals surface area contributed by atoms with Crippen molar-refractivity contribution in [2.45, 2.75) is 52.1 Å². The largest absolute Gasteiger partial charge is 0.354 e. The van der Waals surface area contributed by atoms with E-state index in [1.807, 2.05) is 11.8 Å². The van der Waals surface area contributed by atoms with Crippen LogP contribution in [0.5, 0.6) is 0 Å². The first-order chi connectivity index (χ1) is 13.3. The van der Waals surface area contributed by atoms with Gasteiger partial charge in [0.1, 0.15) is 6.54 Å². The molecule has 29 heavy (non-hydrogen) atoms. The van der Waals surface area contributed by atoms with E-state index in [-0.39, 0.29) is 48.4 Å². The van der Waals surface area contributed by atoms with Crippen molar-refractivity contribution < 1.29 is 9.59 Å². The molecule has 0 saturated carbocycles. The van der Waals surface area contributed by atoms with Crippen LogP contribution in [0.2, 0.25) is 0 Å². The van der Waals surface area contributed by atoms with Crippen LogP contribution in [0.15, 0.2) is 4.99 Å². The lowest BCUT2D eigenvalue weighted by Crippen LogP contribution is -2.57. The zero-order chi connectivity index (χ0) is 20.7. The number of carbonyl (C=O) groups excluding carboxylic acids is 2. The van der Waals surface area contributed by atoms with Gasteiger partial charge >= 0.3 is 0 Å². The molecule has 2 aliphatic rings. The molecular weight excluding hydrogens is 483 g/mol. The van der Waals surface area contributed by atoms with E-state index in [2.05, 4.69) is 34.0 Å². The van der Waals surface area contributed by atoms with E-state index in [1.165, 1.54) is 0 Å². The van der Waals surface area contributed by atoms with Crippen LogP contribution in [0.3, 0.4) is 0 Å². The van der Waals surface area contributed by atoms with E-state index in [9.17, 15) is 9.59 Å². The van der Waals surface area contributed by atoms with Gasteiger partial charge in [-0.25, -0.2) is 4.99 Å². The predicted octanol–water partition coefficient (Wildman–Crippen LogP) is 1.07. The fourth-order valence-electron chi connectivity index (χ4n) is 3.52. The second-order valence-electron chi connectivity index (χ2n) is 8.11. The van der Waals surface area contributed by atoms with Crippen molar-refractivity contribution in [3.8, 4) is 0 Å². The van der Waals surface area contributed by atoms with E-state index in [4.69, 9.17) is 0 Å². The molecule has 1 N–H and O–H groups in total. The molecule has 0 aromatic carbocycles. The molecule has 168 valence electrons. The van der Waals surface area contributed by atoms with Crippen molar-refractivity contribution in [2.75, 3.05) is 59.9 Å². The molecular formula is C20H39IN6O2. The summed E-state index contributed by atoms with van der Waals surface area (Å²) < 4.78 is 0. The molecule has 2 saturated heterocycles. The van der Waals surface area contributed by atoms with Gasteiger partial charge in [0.2, 0.25) is 11.8 Å². The first kappa shape index (κ1) is 25.9. The Morgan fingerprint density at radius 3 is 2.10 bits per heavy atom. The Kier molecular flexibility index (Phi) is 11.2. The Labute approximate surface area is 193 Å². The van der Waals surface area contributed by atoms with Gasteiger partial charge in [0.25, 0.3) is 0 Å². The average molecular weight is 522 g/mol. The first-order valence-corrected chi connectivity index (χ1v) is 10.6. The van der Waals surface area contributed by atoms with Crippen molar-refractivity contribution in [3.63, 3.8) is 0 Å². The maximum Gasteiger partial charge on any atom is 0.243 e. The van der Waals surface area contributed by atoms with E-state index in [1.54, 1.807) is 19.0 Å². The Morgan fingerprint density at radius 2 is 1.59 bits per heavy atom. The van der Waals surface area contributed by atoms with Crippen LogP contribution in [0.25, 0.3) is 0 Å². The molecule has 2 heterocycles. The summed E-state index contributed by atoms with van der Waals surface area (Å²) in [5.41, 5.74) is 0. The van der Waals surface area contributed by atoms with Gasteiger partial charge in [-0.2, -0.15) is 0 Å². The molecule has 2 atom stereocenters. The molecule has 0 aromatic rings. The van der Waals surface area contributed by atoms with Gasteiger partial charge in [0, 0.05) is 59.4 Å². The summed E-state index contributed by atoms with van der Waals surface area (Å²) >= 11 is 0. The fourth-order valence-corrected chi connectivity index (χ4v) is 3.52. The standard InChI is InChI=1S/C20H38N6O2.HI/c1-6-16(2)22-20(21-15-18(27)23(4)5)26-13-11-24(12-14-26)17(3)19(28)25-9-7-8-10-25;/h16-17H,6-15H2,1-5H3,(H,21,22);1H. The Morgan fingerprint density at radius 1 is 1.00 bits per heavy atom. The summed E-state index contributed by atoms with van der Waals surface area (Å²) in [5, 5.41) is 3.45. The summed E-state index contributed by atoms with van der Waals surface area (Å²) in [6.45, 7) is 11.5. The highest BCUT2D eigenvalue weighted by Crippen LogP contribution is 2.14. The van der Waals surface area contributed by atoms with Gasteiger partial charge in [-0.1, -0.05) is 6.92 Å². The molecule has 8 nitrogen and oxygen atoms in total. The van der Waals surface area contributed by atoms with Gasteiger partial charge in [-0.05, 0) is 33.1 Å². The number of likely N-dealkylation sites (N-methyl/N-ethyl adjacent to an activating group) is 1. The number of piperazine rings is 1. The van der Waals surface area contributed by atoms with Gasteiger partial charge in [-0.15, -0.1) is 24.0 Å². The quantitative estimate of drug-likeness (QED) is 0.321. The van der Waals surface area contributed by atoms with E-state index < -0.39 is 0 Å². The number of guanidine groups is 1. The number of hydrogen-bond donors (Lipinski definition) is 1. The zero-order valence-corrected chi connectivity index (χ0v) is 21.0. The van der Waals surface area contributed by atoms with E-state index in [0.717, 1.165) is 64.5 Å². The molecule has 0 aliphatic carbocycles. The van der Waals surface area contributed by atoms with Crippen LogP contribution in [0.4, 0.5) is 0 Å². The lowest BCUT2D eigenvalue weighted by atomic mass is 10.2. The Bertz CT molecular complexity index is 557. The number of carbonyl (C=O) groups is 2. The third-order valence-corrected chi connectivity index (χ3v) is 5.79. The smallest absolute Gasteiger partial charge is 0.243 e. The first-order valence-electron chi connectivity index (χ1n) is 10.6. The molecule has 2 amide bonds. The number of amides is 2. The average Bonchev–Trinajstić information content (AvgIpc) is 3.24. The van der Waals surface area contributed by atoms with Crippen molar-refractivity contribution in [1.82, 2.24) is 24.9 Å². The minimum Gasteiger partial charge on any atom is -0.354 e. The maximum atomic E-state index is 12.7. The van der Waals surface area contributed by atoms with Crippen LogP contribution >= 0.6 is 24.0 Å². The summed E-state index contributed by atoms with van der Waals surface area (Å²) in [5.74, 6) is 1.05. The topological polar surface area (TPSA) is 71.5 Å². The number of halogens is 1. The third-order valence-electron chi connectivity index (χ3n) is 5.79. The number of nitrogens with one attached hydrogen (secondary N) is 1. The molecule has 0 spiro atoms. The second kappa shape index (κ2) is 12.6. The number of aliphatic imine (C=N–C) groups is 1. The molecule has 2 fully saturated rings. The second-order valence-corrected chi connectivity index (χ2v) is 8.11. The fraction of sp³-hybridized carbons (Fsp3) is 0.850. The maximum absolute atomic E-state index is 12.7. The SMILES string of the molecule is CCC(C)NC(=NCC(=O)N(C)C)N1CCN(C(C)C(=O)N2CCCC2)CC1.I. The molecule has 0 bridgehead atoms. The van der Waals surface area contributed by atoms with Gasteiger partial charge in [-0.3, -0.25) is 14.5 Å². The van der Waals surface area contributed by atoms with Crippen LogP contribution in [0.1, 0.15) is 40.0 Å². The van der Waals surface area contributed by atoms with Crippen LogP contribution in [-0.2, 0) is 9.59 Å². The molecule has 0 aromatic heterocycles. The minimum absolute atomic E-state index is 0. The van der Waals surface area contributed by atoms with E-state index >= 15 is 0 Å². The summed E-state index contributed by atoms with van der Waals surface area (Å²) in [4.78, 5) is 37.2. The van der Waals surface area contributed by atoms with Crippen LogP contribution in [-0.4, -0.2) is 109 Å². The summed E-state index contributed by atoms with van der Waals surface area (Å²) in [6.07, 6.45) is 3.24. The van der Waals surface area contributed by atoms with Crippen molar-refractivity contribution in [2.24, 2.45) is 4.99 Å². The number of hydrogen-bond acceptors (Lipinski definition) is 4. The number of nitrogens with zero attached hydrogens (tertiary/aromatic N) is 5. The van der Waals surface area contributed by atoms with Crippen LogP contribution < -0.4 is 5.32 Å². The molecule has 0 radical (unpaired) electrons. The third kappa shape index (κ3) is 7.58. The summed E-state index contributed by atoms with van der Waals surface area (Å²) in [7, 11) is 3.49. The normalized spacial score (nSPS) is 20.1.